The molecule has 3 aromatic rings. The van der Waals surface area contributed by atoms with Crippen molar-refractivity contribution < 1.29 is 14.3 Å². The fourth-order valence-corrected chi connectivity index (χ4v) is 3.82. The Kier molecular flexibility index (Phi) is 8.50. The Morgan fingerprint density at radius 2 is 1.67 bits per heavy atom. The first-order chi connectivity index (χ1) is 15.9. The van der Waals surface area contributed by atoms with E-state index in [1.807, 2.05) is 74.5 Å². The van der Waals surface area contributed by atoms with Gasteiger partial charge in [-0.05, 0) is 48.7 Å². The van der Waals surface area contributed by atoms with E-state index in [9.17, 15) is 9.59 Å². The molecule has 0 saturated carbocycles. The molecule has 3 rings (SSSR count). The maximum Gasteiger partial charge on any atom is 0.261 e. The van der Waals surface area contributed by atoms with E-state index in [0.717, 1.165) is 22.3 Å². The molecule has 0 saturated heterocycles. The van der Waals surface area contributed by atoms with Gasteiger partial charge in [0, 0.05) is 25.0 Å². The van der Waals surface area contributed by atoms with Gasteiger partial charge in [-0.25, -0.2) is 0 Å². The van der Waals surface area contributed by atoms with Crippen molar-refractivity contribution in [1.82, 2.24) is 10.2 Å². The van der Waals surface area contributed by atoms with Crippen LogP contribution in [0.1, 0.15) is 22.3 Å². The minimum atomic E-state index is -0.691. The summed E-state index contributed by atoms with van der Waals surface area (Å²) in [6.45, 7) is 4.05. The topological polar surface area (TPSA) is 58.6 Å². The average molecular weight is 465 g/mol. The number of likely N-dealkylation sites (N-methyl/N-ethyl adjacent to an activating group) is 1. The fraction of sp³-hybridized carbons (Fsp3) is 0.259. The van der Waals surface area contributed by atoms with Crippen LogP contribution in [0.3, 0.4) is 0 Å². The van der Waals surface area contributed by atoms with E-state index in [1.54, 1.807) is 24.1 Å². The van der Waals surface area contributed by atoms with E-state index >= 15 is 0 Å². The van der Waals surface area contributed by atoms with Crippen molar-refractivity contribution in [3.8, 4) is 5.75 Å². The van der Waals surface area contributed by atoms with Gasteiger partial charge < -0.3 is 15.0 Å². The van der Waals surface area contributed by atoms with E-state index in [4.69, 9.17) is 16.3 Å². The Morgan fingerprint density at radius 3 is 2.30 bits per heavy atom. The van der Waals surface area contributed by atoms with Crippen molar-refractivity contribution in [2.24, 2.45) is 0 Å². The Morgan fingerprint density at radius 1 is 0.970 bits per heavy atom. The lowest BCUT2D eigenvalue weighted by Crippen LogP contribution is -2.51. The number of amides is 2. The molecule has 0 aliphatic rings. The maximum absolute atomic E-state index is 13.4. The third-order valence-electron chi connectivity index (χ3n) is 5.47. The van der Waals surface area contributed by atoms with Gasteiger partial charge in [0.1, 0.15) is 11.8 Å². The van der Waals surface area contributed by atoms with E-state index < -0.39 is 6.04 Å². The second-order valence-corrected chi connectivity index (χ2v) is 8.46. The Bertz CT molecular complexity index is 1080. The molecule has 5 nitrogen and oxygen atoms in total. The van der Waals surface area contributed by atoms with Gasteiger partial charge in [-0.2, -0.15) is 0 Å². The average Bonchev–Trinajstić information content (AvgIpc) is 2.82. The molecule has 0 fully saturated rings. The lowest BCUT2D eigenvalue weighted by molar-refractivity contribution is -0.142. The summed E-state index contributed by atoms with van der Waals surface area (Å²) in [5, 5.41) is 3.32. The molecule has 6 heteroatoms. The Hall–Kier alpha value is -3.31. The largest absolute Gasteiger partial charge is 0.483 e. The van der Waals surface area contributed by atoms with Gasteiger partial charge in [-0.3, -0.25) is 9.59 Å². The number of rotatable bonds is 9. The van der Waals surface area contributed by atoms with E-state index in [0.29, 0.717) is 17.2 Å². The van der Waals surface area contributed by atoms with Crippen molar-refractivity contribution >= 4 is 23.4 Å². The number of nitrogens with one attached hydrogen (secondary N) is 1. The zero-order valence-electron chi connectivity index (χ0n) is 19.2. The second kappa shape index (κ2) is 11.5. The number of benzene rings is 3. The summed E-state index contributed by atoms with van der Waals surface area (Å²) in [6.07, 6.45) is 0.392. The molecule has 0 bridgehead atoms. The highest BCUT2D eigenvalue weighted by atomic mass is 35.5. The van der Waals surface area contributed by atoms with Gasteiger partial charge >= 0.3 is 0 Å². The van der Waals surface area contributed by atoms with Crippen LogP contribution in [0.25, 0.3) is 0 Å². The van der Waals surface area contributed by atoms with Crippen LogP contribution in [0.4, 0.5) is 0 Å². The van der Waals surface area contributed by atoms with E-state index in [1.165, 1.54) is 0 Å². The van der Waals surface area contributed by atoms with Crippen LogP contribution < -0.4 is 10.1 Å². The number of carbonyl (C=O) groups is 2. The van der Waals surface area contributed by atoms with Crippen LogP contribution in [-0.2, 0) is 22.6 Å². The third kappa shape index (κ3) is 6.83. The molecule has 0 unspecified atom stereocenters. The molecule has 3 aromatic carbocycles. The number of halogens is 1. The highest BCUT2D eigenvalue weighted by Crippen LogP contribution is 2.20. The first kappa shape index (κ1) is 24.3. The summed E-state index contributed by atoms with van der Waals surface area (Å²) >= 11 is 6.03. The highest BCUT2D eigenvalue weighted by molar-refractivity contribution is 6.30. The minimum Gasteiger partial charge on any atom is -0.483 e. The summed E-state index contributed by atoms with van der Waals surface area (Å²) in [5.74, 6) is 0.155. The summed E-state index contributed by atoms with van der Waals surface area (Å²) in [6, 6.07) is 22.1. The third-order valence-corrected chi connectivity index (χ3v) is 5.72. The van der Waals surface area contributed by atoms with Gasteiger partial charge in [0.2, 0.25) is 5.91 Å². The van der Waals surface area contributed by atoms with Crippen molar-refractivity contribution in [2.45, 2.75) is 32.9 Å². The number of carbonyl (C=O) groups excluding carboxylic acids is 2. The molecule has 2 amide bonds. The molecule has 0 radical (unpaired) electrons. The van der Waals surface area contributed by atoms with Gasteiger partial charge in [-0.15, -0.1) is 0 Å². The van der Waals surface area contributed by atoms with Gasteiger partial charge in [-0.1, -0.05) is 71.8 Å². The molecular formula is C27H29ClN2O3. The lowest BCUT2D eigenvalue weighted by Gasteiger charge is -2.31. The van der Waals surface area contributed by atoms with Gasteiger partial charge in [0.25, 0.3) is 5.91 Å². The summed E-state index contributed by atoms with van der Waals surface area (Å²) in [5.41, 5.74) is 3.92. The molecule has 0 spiro atoms. The molecule has 0 aliphatic heterocycles. The molecule has 1 atom stereocenters. The summed E-state index contributed by atoms with van der Waals surface area (Å²) in [7, 11) is 1.58. The SMILES string of the molecule is CNC(=O)[C@H](Cc1ccccc1)N(Cc1ccc(Cl)cc1)C(=O)COc1ccc(C)cc1C. The van der Waals surface area contributed by atoms with Crippen LogP contribution in [0, 0.1) is 13.8 Å². The first-order valence-electron chi connectivity index (χ1n) is 10.9. The monoisotopic (exact) mass is 464 g/mol. The molecule has 0 heterocycles. The second-order valence-electron chi connectivity index (χ2n) is 8.03. The zero-order valence-corrected chi connectivity index (χ0v) is 19.9. The Balaban J connectivity index is 1.87. The quantitative estimate of drug-likeness (QED) is 0.498. The van der Waals surface area contributed by atoms with Crippen LogP contribution in [0.2, 0.25) is 5.02 Å². The van der Waals surface area contributed by atoms with E-state index in [2.05, 4.69) is 5.32 Å². The molecule has 1 N–H and O–H groups in total. The predicted molar refractivity (Wildman–Crippen MR) is 131 cm³/mol. The maximum atomic E-state index is 13.4. The van der Waals surface area contributed by atoms with Crippen molar-refractivity contribution in [1.29, 1.82) is 0 Å². The van der Waals surface area contributed by atoms with Gasteiger partial charge in [0.15, 0.2) is 6.61 Å². The summed E-state index contributed by atoms with van der Waals surface area (Å²) < 4.78 is 5.86. The smallest absolute Gasteiger partial charge is 0.261 e. The van der Waals surface area contributed by atoms with E-state index in [-0.39, 0.29) is 25.0 Å². The zero-order chi connectivity index (χ0) is 23.8. The Labute approximate surface area is 200 Å². The number of nitrogens with zero attached hydrogens (tertiary/aromatic N) is 1. The predicted octanol–water partition coefficient (Wildman–Crippen LogP) is 4.72. The summed E-state index contributed by atoms with van der Waals surface area (Å²) in [4.78, 5) is 27.9. The number of aryl methyl sites for hydroxylation is 2. The van der Waals surface area contributed by atoms with Crippen molar-refractivity contribution in [3.05, 3.63) is 100 Å². The molecule has 0 aromatic heterocycles. The van der Waals surface area contributed by atoms with Crippen LogP contribution in [0.15, 0.2) is 72.8 Å². The number of hydrogen-bond acceptors (Lipinski definition) is 3. The lowest BCUT2D eigenvalue weighted by atomic mass is 10.0. The van der Waals surface area contributed by atoms with Gasteiger partial charge in [0.05, 0.1) is 0 Å². The first-order valence-corrected chi connectivity index (χ1v) is 11.2. The molecule has 33 heavy (non-hydrogen) atoms. The highest BCUT2D eigenvalue weighted by Gasteiger charge is 2.30. The molecule has 172 valence electrons. The van der Waals surface area contributed by atoms with Crippen molar-refractivity contribution in [2.75, 3.05) is 13.7 Å². The number of ether oxygens (including phenoxy) is 1. The van der Waals surface area contributed by atoms with Crippen molar-refractivity contribution in [3.63, 3.8) is 0 Å². The molecule has 0 aliphatic carbocycles. The normalized spacial score (nSPS) is 11.5. The van der Waals surface area contributed by atoms with Crippen LogP contribution in [-0.4, -0.2) is 36.4 Å². The minimum absolute atomic E-state index is 0.167. The standard InChI is InChI=1S/C27H29ClN2O3/c1-19-9-14-25(20(2)15-19)33-18-26(31)30(17-22-10-12-23(28)13-11-22)24(27(32)29-3)16-21-7-5-4-6-8-21/h4-15,24H,16-18H2,1-3H3,(H,29,32)/t24-/m0/s1. The van der Waals surface area contributed by atoms with Crippen LogP contribution >= 0.6 is 11.6 Å². The molecular weight excluding hydrogens is 436 g/mol. The number of hydrogen-bond donors (Lipinski definition) is 1. The van der Waals surface area contributed by atoms with Crippen LogP contribution in [0.5, 0.6) is 5.75 Å². The fourth-order valence-electron chi connectivity index (χ4n) is 3.69.